The van der Waals surface area contributed by atoms with Gasteiger partial charge in [-0.3, -0.25) is 0 Å². The van der Waals surface area contributed by atoms with Crippen molar-refractivity contribution in [1.29, 1.82) is 0 Å². The van der Waals surface area contributed by atoms with Gasteiger partial charge in [0.1, 0.15) is 0 Å². The van der Waals surface area contributed by atoms with Gasteiger partial charge in [-0.2, -0.15) is 8.78 Å². The summed E-state index contributed by atoms with van der Waals surface area (Å²) in [6.45, 7) is 3.78. The van der Waals surface area contributed by atoms with Crippen molar-refractivity contribution in [2.75, 3.05) is 0 Å². The van der Waals surface area contributed by atoms with E-state index in [2.05, 4.69) is 10.2 Å². The van der Waals surface area contributed by atoms with Crippen molar-refractivity contribution >= 4 is 23.4 Å². The number of nitrogens with zero attached hydrogens (tertiary/aromatic N) is 2. The van der Waals surface area contributed by atoms with Crippen LogP contribution in [0.4, 0.5) is 8.78 Å². The molecule has 2 rings (SSSR count). The number of thioether (sulfide) groups is 1. The Hall–Kier alpha value is -1.20. The van der Waals surface area contributed by atoms with E-state index in [1.165, 1.54) is 0 Å². The molecule has 0 N–H and O–H groups in total. The van der Waals surface area contributed by atoms with Gasteiger partial charge in [0.2, 0.25) is 0 Å². The van der Waals surface area contributed by atoms with Crippen molar-refractivity contribution in [2.45, 2.75) is 24.5 Å². The Kier molecular flexibility index (Phi) is 4.37. The number of rotatable bonds is 3. The number of halogens is 3. The second-order valence-corrected chi connectivity index (χ2v) is 5.41. The molecule has 1 aromatic heterocycles. The summed E-state index contributed by atoms with van der Waals surface area (Å²) in [5.41, 5.74) is 3.37. The maximum absolute atomic E-state index is 12.2. The minimum absolute atomic E-state index is 0.381. The quantitative estimate of drug-likeness (QED) is 0.766. The summed E-state index contributed by atoms with van der Waals surface area (Å²) in [5.74, 6) is -2.41. The van der Waals surface area contributed by atoms with Crippen LogP contribution in [0.15, 0.2) is 29.2 Å². The average molecular weight is 301 g/mol. The van der Waals surface area contributed by atoms with E-state index in [-0.39, 0.29) is 0 Å². The summed E-state index contributed by atoms with van der Waals surface area (Å²) < 4.78 is 24.5. The number of hydrogen-bond acceptors (Lipinski definition) is 3. The topological polar surface area (TPSA) is 25.8 Å². The Morgan fingerprint density at radius 3 is 2.26 bits per heavy atom. The van der Waals surface area contributed by atoms with Crippen LogP contribution in [-0.2, 0) is 0 Å². The summed E-state index contributed by atoms with van der Waals surface area (Å²) in [7, 11) is 0. The highest BCUT2D eigenvalue weighted by Gasteiger charge is 2.11. The van der Waals surface area contributed by atoms with E-state index < -0.39 is 5.76 Å². The highest BCUT2D eigenvalue weighted by atomic mass is 35.5. The Labute approximate surface area is 119 Å². The van der Waals surface area contributed by atoms with Crippen molar-refractivity contribution in [1.82, 2.24) is 10.2 Å². The number of benzene rings is 1. The number of alkyl halides is 2. The molecule has 0 saturated carbocycles. The summed E-state index contributed by atoms with van der Waals surface area (Å²) in [4.78, 5) is 0.523. The molecule has 0 amide bonds. The lowest BCUT2D eigenvalue weighted by atomic mass is 10.0. The molecule has 0 aliphatic heterocycles. The van der Waals surface area contributed by atoms with Crippen LogP contribution in [-0.4, -0.2) is 16.0 Å². The standard InChI is InChI=1S/C13H11ClF2N2S/c1-7-8(2)12(14)18-17-11(7)9-3-5-10(6-4-9)19-13(15)16/h3-6,13H,1-2H3. The zero-order valence-corrected chi connectivity index (χ0v) is 11.9. The van der Waals surface area contributed by atoms with Crippen LogP contribution in [0.1, 0.15) is 11.1 Å². The first-order chi connectivity index (χ1) is 8.99. The summed E-state index contributed by atoms with van der Waals surface area (Å²) >= 11 is 6.42. The first-order valence-corrected chi connectivity index (χ1v) is 6.79. The average Bonchev–Trinajstić information content (AvgIpc) is 2.37. The van der Waals surface area contributed by atoms with Crippen LogP contribution in [0.5, 0.6) is 0 Å². The molecule has 0 atom stereocenters. The molecule has 1 aromatic carbocycles. The molecule has 0 spiro atoms. The lowest BCUT2D eigenvalue weighted by Gasteiger charge is -2.08. The predicted octanol–water partition coefficient (Wildman–Crippen LogP) is 4.73. The summed E-state index contributed by atoms with van der Waals surface area (Å²) in [5, 5.41) is 8.32. The van der Waals surface area contributed by atoms with E-state index in [0.717, 1.165) is 22.4 Å². The molecule has 0 saturated heterocycles. The van der Waals surface area contributed by atoms with Gasteiger partial charge >= 0.3 is 0 Å². The van der Waals surface area contributed by atoms with Gasteiger partial charge in [0.15, 0.2) is 5.15 Å². The number of hydrogen-bond donors (Lipinski definition) is 0. The SMILES string of the molecule is Cc1c(Cl)nnc(-c2ccc(SC(F)F)cc2)c1C. The Morgan fingerprint density at radius 1 is 1.05 bits per heavy atom. The first kappa shape index (κ1) is 14.2. The zero-order valence-electron chi connectivity index (χ0n) is 10.3. The molecule has 2 aromatic rings. The predicted molar refractivity (Wildman–Crippen MR) is 73.8 cm³/mol. The zero-order chi connectivity index (χ0) is 14.0. The second kappa shape index (κ2) is 5.84. The van der Waals surface area contributed by atoms with E-state index in [1.54, 1.807) is 24.3 Å². The van der Waals surface area contributed by atoms with Crippen LogP contribution in [0.3, 0.4) is 0 Å². The van der Waals surface area contributed by atoms with Gasteiger partial charge in [0.25, 0.3) is 5.76 Å². The third kappa shape index (κ3) is 3.22. The fourth-order valence-corrected chi connectivity index (χ4v) is 2.32. The molecule has 0 aliphatic carbocycles. The molecule has 100 valence electrons. The summed E-state index contributed by atoms with van der Waals surface area (Å²) in [6.07, 6.45) is 0. The lowest BCUT2D eigenvalue weighted by molar-refractivity contribution is 0.252. The Bertz CT molecular complexity index is 588. The largest absolute Gasteiger partial charge is 0.288 e. The minimum atomic E-state index is -2.41. The first-order valence-electron chi connectivity index (χ1n) is 5.53. The highest BCUT2D eigenvalue weighted by Crippen LogP contribution is 2.29. The van der Waals surface area contributed by atoms with Crippen molar-refractivity contribution in [3.05, 3.63) is 40.5 Å². The molecule has 1 heterocycles. The Balaban J connectivity index is 2.35. The van der Waals surface area contributed by atoms with E-state index >= 15 is 0 Å². The molecular weight excluding hydrogens is 290 g/mol. The molecule has 0 radical (unpaired) electrons. The molecular formula is C13H11ClF2N2S. The van der Waals surface area contributed by atoms with Crippen LogP contribution >= 0.6 is 23.4 Å². The second-order valence-electron chi connectivity index (χ2n) is 3.99. The van der Waals surface area contributed by atoms with Gasteiger partial charge in [-0.25, -0.2) is 0 Å². The van der Waals surface area contributed by atoms with Crippen molar-refractivity contribution < 1.29 is 8.78 Å². The van der Waals surface area contributed by atoms with Gasteiger partial charge in [0.05, 0.1) is 5.69 Å². The van der Waals surface area contributed by atoms with Crippen LogP contribution < -0.4 is 0 Å². The lowest BCUT2D eigenvalue weighted by Crippen LogP contribution is -1.96. The normalized spacial score (nSPS) is 11.1. The van der Waals surface area contributed by atoms with E-state index in [9.17, 15) is 8.78 Å². The van der Waals surface area contributed by atoms with E-state index in [0.29, 0.717) is 21.8 Å². The van der Waals surface area contributed by atoms with Crippen LogP contribution in [0, 0.1) is 13.8 Å². The third-order valence-corrected chi connectivity index (χ3v) is 3.90. The van der Waals surface area contributed by atoms with Gasteiger partial charge in [-0.1, -0.05) is 35.5 Å². The molecule has 0 fully saturated rings. The van der Waals surface area contributed by atoms with E-state index in [1.807, 2.05) is 13.8 Å². The van der Waals surface area contributed by atoms with Gasteiger partial charge in [0, 0.05) is 10.5 Å². The molecule has 0 unspecified atom stereocenters. The van der Waals surface area contributed by atoms with Gasteiger partial charge in [-0.05, 0) is 37.1 Å². The molecule has 2 nitrogen and oxygen atoms in total. The minimum Gasteiger partial charge on any atom is -0.198 e. The van der Waals surface area contributed by atoms with Crippen molar-refractivity contribution in [2.24, 2.45) is 0 Å². The van der Waals surface area contributed by atoms with Crippen LogP contribution in [0.25, 0.3) is 11.3 Å². The summed E-state index contributed by atoms with van der Waals surface area (Å²) in [6, 6.07) is 6.82. The highest BCUT2D eigenvalue weighted by molar-refractivity contribution is 7.99. The third-order valence-electron chi connectivity index (χ3n) is 2.82. The van der Waals surface area contributed by atoms with Gasteiger partial charge in [-0.15, -0.1) is 10.2 Å². The maximum atomic E-state index is 12.2. The molecule has 19 heavy (non-hydrogen) atoms. The smallest absolute Gasteiger partial charge is 0.198 e. The molecule has 0 bridgehead atoms. The molecule has 6 heteroatoms. The molecule has 0 aliphatic rings. The maximum Gasteiger partial charge on any atom is 0.288 e. The van der Waals surface area contributed by atoms with Crippen LogP contribution in [0.2, 0.25) is 5.15 Å². The van der Waals surface area contributed by atoms with Crippen molar-refractivity contribution in [3.63, 3.8) is 0 Å². The number of aromatic nitrogens is 2. The fourth-order valence-electron chi connectivity index (χ4n) is 1.64. The van der Waals surface area contributed by atoms with Crippen molar-refractivity contribution in [3.8, 4) is 11.3 Å². The Morgan fingerprint density at radius 2 is 1.68 bits per heavy atom. The van der Waals surface area contributed by atoms with Gasteiger partial charge < -0.3 is 0 Å². The monoisotopic (exact) mass is 300 g/mol. The fraction of sp³-hybridized carbons (Fsp3) is 0.231. The van der Waals surface area contributed by atoms with E-state index in [4.69, 9.17) is 11.6 Å².